The molecule has 0 spiro atoms. The normalized spacial score (nSPS) is 30.1. The Hall–Kier alpha value is -1.59. The Morgan fingerprint density at radius 1 is 1.10 bits per heavy atom. The fourth-order valence-electron chi connectivity index (χ4n) is 3.37. The smallest absolute Gasteiger partial charge is 0.307 e. The second kappa shape index (κ2) is 6.24. The number of nitrogens with zero attached hydrogens (tertiary/aromatic N) is 1. The van der Waals surface area contributed by atoms with E-state index in [-0.39, 0.29) is 23.8 Å². The van der Waals surface area contributed by atoms with Crippen LogP contribution < -0.4 is 5.32 Å². The third kappa shape index (κ3) is 3.29. The van der Waals surface area contributed by atoms with Crippen LogP contribution in [0.15, 0.2) is 0 Å². The van der Waals surface area contributed by atoms with Gasteiger partial charge in [-0.3, -0.25) is 14.4 Å². The van der Waals surface area contributed by atoms with E-state index in [0.717, 1.165) is 19.3 Å². The highest BCUT2D eigenvalue weighted by Crippen LogP contribution is 2.34. The van der Waals surface area contributed by atoms with Gasteiger partial charge in [0.1, 0.15) is 0 Å². The van der Waals surface area contributed by atoms with Gasteiger partial charge < -0.3 is 15.3 Å². The lowest BCUT2D eigenvalue weighted by atomic mass is 9.93. The lowest BCUT2D eigenvalue weighted by Crippen LogP contribution is -2.51. The summed E-state index contributed by atoms with van der Waals surface area (Å²) in [5.41, 5.74) is 0. The van der Waals surface area contributed by atoms with Crippen LogP contribution in [0.1, 0.15) is 39.0 Å². The largest absolute Gasteiger partial charge is 0.481 e. The van der Waals surface area contributed by atoms with Crippen molar-refractivity contribution in [2.45, 2.75) is 45.1 Å². The molecule has 6 heteroatoms. The number of carboxylic acids is 1. The van der Waals surface area contributed by atoms with E-state index in [2.05, 4.69) is 5.32 Å². The minimum absolute atomic E-state index is 0.00474. The molecule has 3 unspecified atom stereocenters. The summed E-state index contributed by atoms with van der Waals surface area (Å²) in [6.45, 7) is 2.64. The van der Waals surface area contributed by atoms with Crippen molar-refractivity contribution in [3.63, 3.8) is 0 Å². The first-order valence-corrected chi connectivity index (χ1v) is 7.27. The molecule has 0 radical (unpaired) electrons. The Kier molecular flexibility index (Phi) is 4.62. The van der Waals surface area contributed by atoms with Gasteiger partial charge >= 0.3 is 5.97 Å². The standard InChI is InChI=1S/C14H22N2O4/c1-9(17)15-10-4-3-7-16(8-10)13(18)11-5-2-6-12(11)14(19)20/h10-12H,2-8H2,1H3,(H,15,17)(H,19,20). The van der Waals surface area contributed by atoms with Gasteiger partial charge in [-0.25, -0.2) is 0 Å². The maximum atomic E-state index is 12.5. The van der Waals surface area contributed by atoms with Crippen molar-refractivity contribution in [2.24, 2.45) is 11.8 Å². The SMILES string of the molecule is CC(=O)NC1CCCN(C(=O)C2CCCC2C(=O)O)C1. The average molecular weight is 282 g/mol. The highest BCUT2D eigenvalue weighted by atomic mass is 16.4. The number of likely N-dealkylation sites (tertiary alicyclic amines) is 1. The predicted molar refractivity (Wildman–Crippen MR) is 71.9 cm³/mol. The van der Waals surface area contributed by atoms with Gasteiger partial charge in [0.05, 0.1) is 11.8 Å². The highest BCUT2D eigenvalue weighted by molar-refractivity contribution is 5.85. The molecule has 20 heavy (non-hydrogen) atoms. The fourth-order valence-corrected chi connectivity index (χ4v) is 3.37. The van der Waals surface area contributed by atoms with Crippen LogP contribution in [0.2, 0.25) is 0 Å². The molecule has 2 amide bonds. The predicted octanol–water partition coefficient (Wildman–Crippen LogP) is 0.614. The number of nitrogens with one attached hydrogen (secondary N) is 1. The number of carboxylic acid groups (broad SMARTS) is 1. The second-order valence-corrected chi connectivity index (χ2v) is 5.81. The van der Waals surface area contributed by atoms with E-state index in [0.29, 0.717) is 25.9 Å². The summed E-state index contributed by atoms with van der Waals surface area (Å²) >= 11 is 0. The molecule has 2 rings (SSSR count). The summed E-state index contributed by atoms with van der Waals surface area (Å²) in [5, 5.41) is 12.0. The van der Waals surface area contributed by atoms with Gasteiger partial charge in [0.25, 0.3) is 0 Å². The first-order valence-electron chi connectivity index (χ1n) is 7.27. The topological polar surface area (TPSA) is 86.7 Å². The molecule has 1 saturated heterocycles. The molecule has 112 valence electrons. The van der Waals surface area contributed by atoms with Crippen LogP contribution in [0.4, 0.5) is 0 Å². The number of hydrogen-bond donors (Lipinski definition) is 2. The number of aliphatic carboxylic acids is 1. The van der Waals surface area contributed by atoms with Crippen molar-refractivity contribution in [2.75, 3.05) is 13.1 Å². The molecule has 1 saturated carbocycles. The van der Waals surface area contributed by atoms with Gasteiger partial charge in [-0.1, -0.05) is 6.42 Å². The molecule has 0 aromatic carbocycles. The summed E-state index contributed by atoms with van der Waals surface area (Å²) < 4.78 is 0. The molecule has 3 atom stereocenters. The van der Waals surface area contributed by atoms with Crippen LogP contribution in [-0.4, -0.2) is 46.9 Å². The monoisotopic (exact) mass is 282 g/mol. The molecule has 0 bridgehead atoms. The molecule has 2 aliphatic rings. The van der Waals surface area contributed by atoms with E-state index in [9.17, 15) is 19.5 Å². The van der Waals surface area contributed by atoms with Gasteiger partial charge in [0.2, 0.25) is 11.8 Å². The Morgan fingerprint density at radius 2 is 1.80 bits per heavy atom. The molecule has 1 heterocycles. The Morgan fingerprint density at radius 3 is 2.45 bits per heavy atom. The van der Waals surface area contributed by atoms with Crippen LogP contribution in [0, 0.1) is 11.8 Å². The van der Waals surface area contributed by atoms with Gasteiger partial charge in [-0.2, -0.15) is 0 Å². The van der Waals surface area contributed by atoms with Gasteiger partial charge in [-0.15, -0.1) is 0 Å². The molecular formula is C14H22N2O4. The zero-order valence-electron chi connectivity index (χ0n) is 11.8. The third-order valence-corrected chi connectivity index (χ3v) is 4.29. The van der Waals surface area contributed by atoms with Crippen LogP contribution in [0.25, 0.3) is 0 Å². The number of carbonyl (C=O) groups excluding carboxylic acids is 2. The van der Waals surface area contributed by atoms with E-state index >= 15 is 0 Å². The van der Waals surface area contributed by atoms with Crippen molar-refractivity contribution in [3.05, 3.63) is 0 Å². The fraction of sp³-hybridized carbons (Fsp3) is 0.786. The van der Waals surface area contributed by atoms with Gasteiger partial charge in [0, 0.05) is 26.1 Å². The Balaban J connectivity index is 1.97. The lowest BCUT2D eigenvalue weighted by molar-refractivity contribution is -0.149. The van der Waals surface area contributed by atoms with E-state index in [1.807, 2.05) is 0 Å². The maximum absolute atomic E-state index is 12.5. The zero-order valence-corrected chi connectivity index (χ0v) is 11.8. The lowest BCUT2D eigenvalue weighted by Gasteiger charge is -2.35. The zero-order chi connectivity index (χ0) is 14.7. The van der Waals surface area contributed by atoms with Crippen LogP contribution >= 0.6 is 0 Å². The molecule has 1 aliphatic heterocycles. The summed E-state index contributed by atoms with van der Waals surface area (Å²) in [4.78, 5) is 36.5. The molecular weight excluding hydrogens is 260 g/mol. The second-order valence-electron chi connectivity index (χ2n) is 5.81. The average Bonchev–Trinajstić information content (AvgIpc) is 2.86. The summed E-state index contributed by atoms with van der Waals surface area (Å²) in [6, 6.07) is -0.00474. The highest BCUT2D eigenvalue weighted by Gasteiger charge is 2.40. The first kappa shape index (κ1) is 14.8. The minimum atomic E-state index is -0.865. The van der Waals surface area contributed by atoms with Crippen molar-refractivity contribution < 1.29 is 19.5 Å². The van der Waals surface area contributed by atoms with Crippen LogP contribution in [0.3, 0.4) is 0 Å². The van der Waals surface area contributed by atoms with E-state index in [1.165, 1.54) is 6.92 Å². The summed E-state index contributed by atoms with van der Waals surface area (Å²) in [7, 11) is 0. The minimum Gasteiger partial charge on any atom is -0.481 e. The summed E-state index contributed by atoms with van der Waals surface area (Å²) in [5.74, 6) is -1.93. The number of carbonyl (C=O) groups is 3. The molecule has 2 fully saturated rings. The Bertz CT molecular complexity index is 410. The number of rotatable bonds is 3. The van der Waals surface area contributed by atoms with E-state index in [1.54, 1.807) is 4.90 Å². The van der Waals surface area contributed by atoms with Crippen molar-refractivity contribution in [3.8, 4) is 0 Å². The van der Waals surface area contributed by atoms with Crippen LogP contribution in [0.5, 0.6) is 0 Å². The number of amides is 2. The van der Waals surface area contributed by atoms with Crippen molar-refractivity contribution in [1.82, 2.24) is 10.2 Å². The maximum Gasteiger partial charge on any atom is 0.307 e. The van der Waals surface area contributed by atoms with Gasteiger partial charge in [-0.05, 0) is 25.7 Å². The number of piperidine rings is 1. The Labute approximate surface area is 118 Å². The quantitative estimate of drug-likeness (QED) is 0.794. The third-order valence-electron chi connectivity index (χ3n) is 4.29. The van der Waals surface area contributed by atoms with Gasteiger partial charge in [0.15, 0.2) is 0 Å². The molecule has 2 N–H and O–H groups in total. The van der Waals surface area contributed by atoms with Crippen molar-refractivity contribution >= 4 is 17.8 Å². The number of hydrogen-bond acceptors (Lipinski definition) is 3. The van der Waals surface area contributed by atoms with Crippen molar-refractivity contribution in [1.29, 1.82) is 0 Å². The van der Waals surface area contributed by atoms with E-state index < -0.39 is 11.9 Å². The molecule has 1 aliphatic carbocycles. The van der Waals surface area contributed by atoms with Crippen LogP contribution in [-0.2, 0) is 14.4 Å². The first-order chi connectivity index (χ1) is 9.49. The van der Waals surface area contributed by atoms with E-state index in [4.69, 9.17) is 0 Å². The molecule has 6 nitrogen and oxygen atoms in total. The molecule has 0 aromatic heterocycles. The molecule has 0 aromatic rings. The summed E-state index contributed by atoms with van der Waals surface area (Å²) in [6.07, 6.45) is 3.78.